The van der Waals surface area contributed by atoms with E-state index in [9.17, 15) is 23.2 Å². The summed E-state index contributed by atoms with van der Waals surface area (Å²) in [6.45, 7) is -1.88. The number of carbonyl (C=O) groups is 3. The van der Waals surface area contributed by atoms with Crippen LogP contribution in [0.25, 0.3) is 0 Å². The zero-order valence-electron chi connectivity index (χ0n) is 11.8. The highest BCUT2D eigenvalue weighted by Crippen LogP contribution is 2.21. The third-order valence-corrected chi connectivity index (χ3v) is 2.44. The Morgan fingerprint density at radius 1 is 1.18 bits per heavy atom. The lowest BCUT2D eigenvalue weighted by Crippen LogP contribution is -2.43. The van der Waals surface area contributed by atoms with Crippen molar-refractivity contribution in [3.05, 3.63) is 29.8 Å². The average molecular weight is 316 g/mol. The van der Waals surface area contributed by atoms with Crippen molar-refractivity contribution in [2.75, 3.05) is 7.05 Å². The monoisotopic (exact) mass is 316 g/mol. The van der Waals surface area contributed by atoms with Gasteiger partial charge in [0.2, 0.25) is 0 Å². The molecule has 0 saturated heterocycles. The molecule has 2 N–H and O–H groups in total. The van der Waals surface area contributed by atoms with Gasteiger partial charge in [0, 0.05) is 7.05 Å². The molecule has 0 heterocycles. The van der Waals surface area contributed by atoms with Gasteiger partial charge in [-0.05, 0) is 19.1 Å². The maximum atomic E-state index is 12.3. The highest BCUT2D eigenvalue weighted by atomic mass is 19.3. The molecule has 0 aliphatic carbocycles. The highest BCUT2D eigenvalue weighted by molar-refractivity contribution is 5.99. The number of rotatable bonds is 5. The van der Waals surface area contributed by atoms with Crippen molar-refractivity contribution in [1.82, 2.24) is 10.6 Å². The number of halogens is 2. The minimum atomic E-state index is -3.11. The molecule has 1 aromatic carbocycles. The summed E-state index contributed by atoms with van der Waals surface area (Å²) in [5.41, 5.74) is -0.262. The van der Waals surface area contributed by atoms with Crippen molar-refractivity contribution in [2.45, 2.75) is 19.6 Å². The molecule has 1 aromatic rings. The van der Waals surface area contributed by atoms with Gasteiger partial charge >= 0.3 is 18.6 Å². The second kappa shape index (κ2) is 7.91. The maximum absolute atomic E-state index is 12.3. The van der Waals surface area contributed by atoms with E-state index in [4.69, 9.17) is 4.74 Å². The first-order valence-electron chi connectivity index (χ1n) is 6.12. The van der Waals surface area contributed by atoms with Crippen molar-refractivity contribution in [3.63, 3.8) is 0 Å². The number of hydrogen-bond donors (Lipinski definition) is 2. The minimum Gasteiger partial charge on any atom is -0.449 e. The molecule has 1 atom stereocenters. The van der Waals surface area contributed by atoms with Gasteiger partial charge in [-0.15, -0.1) is 0 Å². The van der Waals surface area contributed by atoms with E-state index >= 15 is 0 Å². The van der Waals surface area contributed by atoms with E-state index in [2.05, 4.69) is 10.1 Å². The largest absolute Gasteiger partial charge is 0.449 e. The quantitative estimate of drug-likeness (QED) is 0.798. The summed E-state index contributed by atoms with van der Waals surface area (Å²) in [5, 5.41) is 4.07. The first-order valence-corrected chi connectivity index (χ1v) is 6.12. The van der Waals surface area contributed by atoms with E-state index in [0.717, 1.165) is 6.07 Å². The zero-order chi connectivity index (χ0) is 16.7. The molecular formula is C13H14F2N2O5. The molecule has 0 radical (unpaired) electrons. The topological polar surface area (TPSA) is 93.7 Å². The second-order valence-electron chi connectivity index (χ2n) is 3.99. The van der Waals surface area contributed by atoms with Crippen LogP contribution in [-0.2, 0) is 9.53 Å². The lowest BCUT2D eigenvalue weighted by Gasteiger charge is -2.14. The second-order valence-corrected chi connectivity index (χ2v) is 3.99. The number of hydrogen-bond acceptors (Lipinski definition) is 5. The molecule has 22 heavy (non-hydrogen) atoms. The molecule has 3 amide bonds. The summed E-state index contributed by atoms with van der Waals surface area (Å²) in [7, 11) is 1.30. The van der Waals surface area contributed by atoms with Gasteiger partial charge < -0.3 is 14.8 Å². The van der Waals surface area contributed by atoms with E-state index in [1.807, 2.05) is 5.32 Å². The molecule has 0 bridgehead atoms. The first kappa shape index (κ1) is 17.3. The van der Waals surface area contributed by atoms with Crippen molar-refractivity contribution in [3.8, 4) is 5.75 Å². The van der Waals surface area contributed by atoms with Crippen molar-refractivity contribution >= 4 is 17.9 Å². The Morgan fingerprint density at radius 3 is 2.41 bits per heavy atom. The Bertz CT molecular complexity index is 565. The van der Waals surface area contributed by atoms with E-state index in [0.29, 0.717) is 0 Å². The molecule has 1 rings (SSSR count). The number of para-hydroxylation sites is 1. The van der Waals surface area contributed by atoms with Crippen LogP contribution in [0, 0.1) is 0 Å². The predicted octanol–water partition coefficient (Wildman–Crippen LogP) is 1.29. The van der Waals surface area contributed by atoms with Gasteiger partial charge in [-0.1, -0.05) is 12.1 Å². The summed E-state index contributed by atoms with van der Waals surface area (Å²) >= 11 is 0. The van der Waals surface area contributed by atoms with Crippen molar-refractivity contribution in [1.29, 1.82) is 0 Å². The van der Waals surface area contributed by atoms with Gasteiger partial charge in [-0.3, -0.25) is 10.1 Å². The highest BCUT2D eigenvalue weighted by Gasteiger charge is 2.23. The smallest absolute Gasteiger partial charge is 0.387 e. The third kappa shape index (κ3) is 5.00. The number of alkyl halides is 2. The van der Waals surface area contributed by atoms with E-state index < -0.39 is 30.6 Å². The van der Waals surface area contributed by atoms with Gasteiger partial charge in [0.1, 0.15) is 11.3 Å². The Labute approximate surface area is 124 Å². The normalized spacial score (nSPS) is 11.5. The molecule has 0 aliphatic rings. The van der Waals surface area contributed by atoms with Gasteiger partial charge in [-0.2, -0.15) is 8.78 Å². The van der Waals surface area contributed by atoms with Crippen LogP contribution in [-0.4, -0.2) is 37.7 Å². The standard InChI is InChI=1S/C13H14F2N2O5/c1-7(10(18)17-13(20)16-2)21-11(19)8-5-3-4-6-9(8)22-12(14)15/h3-7,12H,1-2H3,(H2,16,17,18,20)/t7-/m0/s1. The summed E-state index contributed by atoms with van der Waals surface area (Å²) < 4.78 is 33.5. The molecule has 7 nitrogen and oxygen atoms in total. The maximum Gasteiger partial charge on any atom is 0.387 e. The van der Waals surface area contributed by atoms with Gasteiger partial charge in [0.15, 0.2) is 6.10 Å². The van der Waals surface area contributed by atoms with Crippen LogP contribution in [0.2, 0.25) is 0 Å². The van der Waals surface area contributed by atoms with Gasteiger partial charge in [0.05, 0.1) is 0 Å². The molecule has 9 heteroatoms. The summed E-state index contributed by atoms with van der Waals surface area (Å²) in [6.07, 6.45) is -1.30. The molecule has 0 unspecified atom stereocenters. The van der Waals surface area contributed by atoms with Crippen molar-refractivity contribution < 1.29 is 32.6 Å². The lowest BCUT2D eigenvalue weighted by molar-refractivity contribution is -0.128. The molecule has 0 aliphatic heterocycles. The van der Waals surface area contributed by atoms with Crippen LogP contribution < -0.4 is 15.4 Å². The number of imide groups is 1. The van der Waals surface area contributed by atoms with E-state index in [-0.39, 0.29) is 11.3 Å². The number of nitrogens with one attached hydrogen (secondary N) is 2. The van der Waals surface area contributed by atoms with Crippen LogP contribution in [0.1, 0.15) is 17.3 Å². The van der Waals surface area contributed by atoms with Crippen LogP contribution in [0.4, 0.5) is 13.6 Å². The van der Waals surface area contributed by atoms with Crippen LogP contribution in [0.15, 0.2) is 24.3 Å². The average Bonchev–Trinajstić information content (AvgIpc) is 2.46. The molecule has 0 fully saturated rings. The number of ether oxygens (including phenoxy) is 2. The predicted molar refractivity (Wildman–Crippen MR) is 70.5 cm³/mol. The summed E-state index contributed by atoms with van der Waals surface area (Å²) in [5.74, 6) is -2.27. The lowest BCUT2D eigenvalue weighted by atomic mass is 10.2. The molecule has 0 spiro atoms. The molecule has 0 saturated carbocycles. The SMILES string of the molecule is CNC(=O)NC(=O)[C@H](C)OC(=O)c1ccccc1OC(F)F. The third-order valence-electron chi connectivity index (χ3n) is 2.44. The fraction of sp³-hybridized carbons (Fsp3) is 0.308. The molecule has 120 valence electrons. The number of urea groups is 1. The zero-order valence-corrected chi connectivity index (χ0v) is 11.8. The Kier molecular flexibility index (Phi) is 6.24. The van der Waals surface area contributed by atoms with Gasteiger partial charge in [-0.25, -0.2) is 9.59 Å². The Balaban J connectivity index is 2.76. The number of amides is 3. The van der Waals surface area contributed by atoms with Crippen LogP contribution >= 0.6 is 0 Å². The minimum absolute atomic E-state index is 0.262. The number of carbonyl (C=O) groups excluding carboxylic acids is 3. The fourth-order valence-electron chi connectivity index (χ4n) is 1.39. The summed E-state index contributed by atoms with van der Waals surface area (Å²) in [6, 6.07) is 4.43. The molecule has 0 aromatic heterocycles. The van der Waals surface area contributed by atoms with E-state index in [1.165, 1.54) is 32.2 Å². The van der Waals surface area contributed by atoms with E-state index in [1.54, 1.807) is 0 Å². The van der Waals surface area contributed by atoms with Crippen LogP contribution in [0.5, 0.6) is 5.75 Å². The fourth-order valence-corrected chi connectivity index (χ4v) is 1.39. The number of esters is 1. The Hall–Kier alpha value is -2.71. The summed E-state index contributed by atoms with van der Waals surface area (Å²) in [4.78, 5) is 34.4. The van der Waals surface area contributed by atoms with Crippen molar-refractivity contribution in [2.24, 2.45) is 0 Å². The number of benzene rings is 1. The van der Waals surface area contributed by atoms with Crippen LogP contribution in [0.3, 0.4) is 0 Å². The Morgan fingerprint density at radius 2 is 1.82 bits per heavy atom. The van der Waals surface area contributed by atoms with Gasteiger partial charge in [0.25, 0.3) is 5.91 Å². The molecular weight excluding hydrogens is 302 g/mol. The first-order chi connectivity index (χ1) is 10.3.